The predicted octanol–water partition coefficient (Wildman–Crippen LogP) is 5.87. The average molecular weight is 381 g/mol. The number of hydrogen-bond donors (Lipinski definition) is 0. The molecule has 0 radical (unpaired) electrons. The average Bonchev–Trinajstić information content (AvgIpc) is 2.72. The first-order chi connectivity index (χ1) is 13.4. The maximum Gasteiger partial charge on any atom is 0.454 e. The molecule has 0 unspecified atom stereocenters. The first-order valence-electron chi connectivity index (χ1n) is 8.69. The fourth-order valence-corrected chi connectivity index (χ4v) is 2.80. The number of hydrogen-bond acceptors (Lipinski definition) is 2. The van der Waals surface area contributed by atoms with Crippen LogP contribution in [0.1, 0.15) is 11.1 Å². The molecule has 3 aromatic carbocycles. The number of halogens is 3. The molecule has 0 saturated carbocycles. The number of benzene rings is 3. The molecule has 142 valence electrons. The second kappa shape index (κ2) is 8.57. The number of ketones is 1. The van der Waals surface area contributed by atoms with E-state index in [4.69, 9.17) is 0 Å². The molecule has 5 heteroatoms. The van der Waals surface area contributed by atoms with E-state index in [1.54, 1.807) is 47.4 Å². The third-order valence-corrected chi connectivity index (χ3v) is 4.16. The van der Waals surface area contributed by atoms with Crippen LogP contribution in [0, 0.1) is 0 Å². The maximum absolute atomic E-state index is 13.3. The van der Waals surface area contributed by atoms with E-state index in [0.717, 1.165) is 5.56 Å². The summed E-state index contributed by atoms with van der Waals surface area (Å²) in [5.41, 5.74) is 1.43. The minimum Gasteiger partial charge on any atom is -0.343 e. The summed E-state index contributed by atoms with van der Waals surface area (Å²) in [7, 11) is 0. The number of alkyl halides is 3. The third kappa shape index (κ3) is 4.88. The lowest BCUT2D eigenvalue weighted by Gasteiger charge is -2.23. The van der Waals surface area contributed by atoms with E-state index < -0.39 is 17.5 Å². The zero-order chi connectivity index (χ0) is 20.0. The van der Waals surface area contributed by atoms with Crippen molar-refractivity contribution in [3.05, 3.63) is 108 Å². The van der Waals surface area contributed by atoms with Gasteiger partial charge in [-0.1, -0.05) is 78.9 Å². The van der Waals surface area contributed by atoms with Crippen LogP contribution in [-0.2, 0) is 11.3 Å². The molecule has 28 heavy (non-hydrogen) atoms. The van der Waals surface area contributed by atoms with Gasteiger partial charge < -0.3 is 4.90 Å². The van der Waals surface area contributed by atoms with Gasteiger partial charge >= 0.3 is 6.18 Å². The van der Waals surface area contributed by atoms with Crippen molar-refractivity contribution in [2.45, 2.75) is 12.7 Å². The molecule has 0 aliphatic rings. The van der Waals surface area contributed by atoms with Crippen LogP contribution in [0.15, 0.2) is 97.2 Å². The second-order valence-corrected chi connectivity index (χ2v) is 6.18. The molecule has 0 aliphatic heterocycles. The van der Waals surface area contributed by atoms with E-state index in [1.165, 1.54) is 18.3 Å². The Morgan fingerprint density at radius 3 is 1.82 bits per heavy atom. The van der Waals surface area contributed by atoms with Gasteiger partial charge in [0, 0.05) is 18.4 Å². The maximum atomic E-state index is 13.3. The molecule has 0 saturated heterocycles. The van der Waals surface area contributed by atoms with Gasteiger partial charge in [-0.05, 0) is 23.3 Å². The molecule has 0 atom stereocenters. The summed E-state index contributed by atoms with van der Waals surface area (Å²) in [5.74, 6) is -1.87. The Hall–Kier alpha value is -3.34. The standard InChI is InChI=1S/C23H18F3NO/c24-23(25,26)22(28)21(19-12-6-2-7-13-19)17-27(20-14-8-3-9-15-20)16-18-10-4-1-5-11-18/h1-15,17H,16H2/b21-17-. The Kier molecular flexibility index (Phi) is 5.94. The van der Waals surface area contributed by atoms with Crippen molar-refractivity contribution in [2.75, 3.05) is 4.90 Å². The van der Waals surface area contributed by atoms with Gasteiger partial charge in [0.1, 0.15) is 0 Å². The second-order valence-electron chi connectivity index (χ2n) is 6.18. The summed E-state index contributed by atoms with van der Waals surface area (Å²) < 4.78 is 39.8. The highest BCUT2D eigenvalue weighted by molar-refractivity contribution is 6.23. The van der Waals surface area contributed by atoms with Crippen molar-refractivity contribution in [1.29, 1.82) is 0 Å². The number of nitrogens with zero attached hydrogens (tertiary/aromatic N) is 1. The minimum absolute atomic E-state index is 0.221. The smallest absolute Gasteiger partial charge is 0.343 e. The summed E-state index contributed by atoms with van der Waals surface area (Å²) in [6, 6.07) is 26.3. The summed E-state index contributed by atoms with van der Waals surface area (Å²) in [5, 5.41) is 0. The summed E-state index contributed by atoms with van der Waals surface area (Å²) in [4.78, 5) is 13.8. The van der Waals surface area contributed by atoms with Crippen LogP contribution in [0.4, 0.5) is 18.9 Å². The van der Waals surface area contributed by atoms with Gasteiger partial charge in [-0.15, -0.1) is 0 Å². The molecule has 3 aromatic rings. The van der Waals surface area contributed by atoms with Gasteiger partial charge in [0.25, 0.3) is 5.78 Å². The number of carbonyl (C=O) groups excluding carboxylic acids is 1. The molecule has 0 amide bonds. The molecule has 3 rings (SSSR count). The number of para-hydroxylation sites is 1. The van der Waals surface area contributed by atoms with E-state index in [0.29, 0.717) is 12.2 Å². The van der Waals surface area contributed by atoms with E-state index in [9.17, 15) is 18.0 Å². The Morgan fingerprint density at radius 2 is 1.29 bits per heavy atom. The van der Waals surface area contributed by atoms with Crippen LogP contribution in [0.3, 0.4) is 0 Å². The van der Waals surface area contributed by atoms with Crippen LogP contribution in [-0.4, -0.2) is 12.0 Å². The lowest BCUT2D eigenvalue weighted by molar-refractivity contribution is -0.164. The van der Waals surface area contributed by atoms with E-state index in [1.807, 2.05) is 36.4 Å². The van der Waals surface area contributed by atoms with Gasteiger partial charge in [0.15, 0.2) is 0 Å². The zero-order valence-corrected chi connectivity index (χ0v) is 14.9. The fraction of sp³-hybridized carbons (Fsp3) is 0.0870. The van der Waals surface area contributed by atoms with Crippen LogP contribution in [0.5, 0.6) is 0 Å². The Morgan fingerprint density at radius 1 is 0.786 bits per heavy atom. The van der Waals surface area contributed by atoms with Gasteiger partial charge in [-0.2, -0.15) is 13.2 Å². The largest absolute Gasteiger partial charge is 0.454 e. The first-order valence-corrected chi connectivity index (χ1v) is 8.69. The Labute approximate surface area is 161 Å². The number of allylic oxidation sites excluding steroid dienone is 1. The lowest BCUT2D eigenvalue weighted by atomic mass is 10.0. The van der Waals surface area contributed by atoms with Crippen LogP contribution in [0.2, 0.25) is 0 Å². The number of rotatable bonds is 6. The van der Waals surface area contributed by atoms with Crippen molar-refractivity contribution in [3.63, 3.8) is 0 Å². The highest BCUT2D eigenvalue weighted by Gasteiger charge is 2.41. The molecular weight excluding hydrogens is 363 g/mol. The predicted molar refractivity (Wildman–Crippen MR) is 105 cm³/mol. The topological polar surface area (TPSA) is 20.3 Å². The number of Topliss-reactive ketones (excluding diaryl/α,β-unsaturated/α-hetero) is 1. The molecule has 0 aromatic heterocycles. The zero-order valence-electron chi connectivity index (χ0n) is 14.9. The monoisotopic (exact) mass is 381 g/mol. The first kappa shape index (κ1) is 19.4. The van der Waals surface area contributed by atoms with Crippen molar-refractivity contribution in [2.24, 2.45) is 0 Å². The quantitative estimate of drug-likeness (QED) is 0.498. The van der Waals surface area contributed by atoms with E-state index in [2.05, 4.69) is 0 Å². The third-order valence-electron chi connectivity index (χ3n) is 4.16. The van der Waals surface area contributed by atoms with Gasteiger partial charge in [0.2, 0.25) is 0 Å². The molecule has 0 N–H and O–H groups in total. The fourth-order valence-electron chi connectivity index (χ4n) is 2.80. The van der Waals surface area contributed by atoms with Gasteiger partial charge in [0.05, 0.1) is 5.57 Å². The molecule has 0 heterocycles. The summed E-state index contributed by atoms with van der Waals surface area (Å²) in [6.07, 6.45) is -3.68. The minimum atomic E-state index is -4.96. The molecule has 0 aliphatic carbocycles. The van der Waals surface area contributed by atoms with Crippen LogP contribution in [0.25, 0.3) is 5.57 Å². The lowest BCUT2D eigenvalue weighted by Crippen LogP contribution is -2.26. The number of anilines is 1. The molecule has 0 fully saturated rings. The molecule has 2 nitrogen and oxygen atoms in total. The van der Waals surface area contributed by atoms with Crippen molar-refractivity contribution < 1.29 is 18.0 Å². The summed E-state index contributed by atoms with van der Waals surface area (Å²) in [6.45, 7) is 0.326. The normalized spacial score (nSPS) is 11.9. The van der Waals surface area contributed by atoms with E-state index in [-0.39, 0.29) is 5.56 Å². The van der Waals surface area contributed by atoms with Crippen molar-refractivity contribution in [3.8, 4) is 0 Å². The highest BCUT2D eigenvalue weighted by Crippen LogP contribution is 2.29. The van der Waals surface area contributed by atoms with Crippen molar-refractivity contribution >= 4 is 17.0 Å². The molecule has 0 bridgehead atoms. The van der Waals surface area contributed by atoms with Crippen LogP contribution < -0.4 is 4.90 Å². The van der Waals surface area contributed by atoms with Gasteiger partial charge in [-0.25, -0.2) is 0 Å². The molecular formula is C23H18F3NO. The summed E-state index contributed by atoms with van der Waals surface area (Å²) >= 11 is 0. The van der Waals surface area contributed by atoms with E-state index >= 15 is 0 Å². The van der Waals surface area contributed by atoms with Gasteiger partial charge in [-0.3, -0.25) is 4.79 Å². The SMILES string of the molecule is O=C(/C(=C\N(Cc1ccccc1)c1ccccc1)c1ccccc1)C(F)(F)F. The molecule has 0 spiro atoms. The Balaban J connectivity index is 2.09. The van der Waals surface area contributed by atoms with Crippen LogP contribution >= 0.6 is 0 Å². The Bertz CT molecular complexity index is 936. The number of carbonyl (C=O) groups is 1. The highest BCUT2D eigenvalue weighted by atomic mass is 19.4. The van der Waals surface area contributed by atoms with Crippen molar-refractivity contribution in [1.82, 2.24) is 0 Å².